The summed E-state index contributed by atoms with van der Waals surface area (Å²) in [7, 11) is 0. The minimum atomic E-state index is -0.112. The van der Waals surface area contributed by atoms with E-state index in [1.165, 1.54) is 0 Å². The van der Waals surface area contributed by atoms with Crippen molar-refractivity contribution in [3.63, 3.8) is 0 Å². The molecule has 5 nitrogen and oxygen atoms in total. The van der Waals surface area contributed by atoms with Crippen molar-refractivity contribution in [3.05, 3.63) is 81.4 Å². The lowest BCUT2D eigenvalue weighted by atomic mass is 10.1. The van der Waals surface area contributed by atoms with E-state index < -0.39 is 0 Å². The van der Waals surface area contributed by atoms with Gasteiger partial charge in [-0.05, 0) is 23.3 Å². The van der Waals surface area contributed by atoms with Gasteiger partial charge in [0.15, 0.2) is 5.82 Å². The molecule has 0 bridgehead atoms. The van der Waals surface area contributed by atoms with Crippen LogP contribution in [-0.2, 0) is 24.2 Å². The summed E-state index contributed by atoms with van der Waals surface area (Å²) in [5.74, 6) is 0.953. The van der Waals surface area contributed by atoms with Gasteiger partial charge in [-0.15, -0.1) is 0 Å². The van der Waals surface area contributed by atoms with Crippen LogP contribution in [0.1, 0.15) is 29.3 Å². The van der Waals surface area contributed by atoms with Crippen LogP contribution < -0.4 is 5.32 Å². The van der Waals surface area contributed by atoms with Crippen LogP contribution in [0.2, 0.25) is 10.0 Å². The first-order chi connectivity index (χ1) is 12.6. The quantitative estimate of drug-likeness (QED) is 0.656. The van der Waals surface area contributed by atoms with Crippen LogP contribution in [0.15, 0.2) is 53.1 Å². The third-order valence-corrected chi connectivity index (χ3v) is 4.36. The molecule has 0 radical (unpaired) electrons. The summed E-state index contributed by atoms with van der Waals surface area (Å²) in [5.41, 5.74) is 1.92. The second kappa shape index (κ2) is 8.83. The van der Waals surface area contributed by atoms with Gasteiger partial charge in [-0.25, -0.2) is 0 Å². The summed E-state index contributed by atoms with van der Waals surface area (Å²) in [5, 5.41) is 7.87. The Labute approximate surface area is 161 Å². The molecule has 1 aromatic heterocycles. The van der Waals surface area contributed by atoms with E-state index in [4.69, 9.17) is 27.7 Å². The highest BCUT2D eigenvalue weighted by Crippen LogP contribution is 2.20. The van der Waals surface area contributed by atoms with Crippen LogP contribution in [0.3, 0.4) is 0 Å². The molecule has 1 heterocycles. The Balaban J connectivity index is 1.46. The number of benzene rings is 2. The zero-order valence-electron chi connectivity index (χ0n) is 13.9. The Hall–Kier alpha value is -2.37. The number of hydrogen-bond donors (Lipinski definition) is 1. The maximum atomic E-state index is 12.0. The van der Waals surface area contributed by atoms with Crippen LogP contribution in [-0.4, -0.2) is 16.0 Å². The molecule has 0 saturated carbocycles. The first kappa shape index (κ1) is 18.4. The zero-order chi connectivity index (χ0) is 18.4. The van der Waals surface area contributed by atoms with Gasteiger partial charge in [0.2, 0.25) is 11.8 Å². The Kier molecular flexibility index (Phi) is 6.26. The van der Waals surface area contributed by atoms with E-state index in [9.17, 15) is 4.79 Å². The molecule has 1 amide bonds. The van der Waals surface area contributed by atoms with E-state index in [0.29, 0.717) is 41.1 Å². The molecule has 0 saturated heterocycles. The minimum Gasteiger partial charge on any atom is -0.352 e. The first-order valence-corrected chi connectivity index (χ1v) is 8.92. The molecule has 0 atom stereocenters. The van der Waals surface area contributed by atoms with Gasteiger partial charge in [-0.2, -0.15) is 4.98 Å². The monoisotopic (exact) mass is 389 g/mol. The smallest absolute Gasteiger partial charge is 0.227 e. The van der Waals surface area contributed by atoms with Gasteiger partial charge in [-0.3, -0.25) is 4.79 Å². The van der Waals surface area contributed by atoms with E-state index in [1.54, 1.807) is 18.2 Å². The van der Waals surface area contributed by atoms with Crippen molar-refractivity contribution in [1.29, 1.82) is 0 Å². The summed E-state index contributed by atoms with van der Waals surface area (Å²) in [6.07, 6.45) is 1.26. The zero-order valence-corrected chi connectivity index (χ0v) is 15.4. The van der Waals surface area contributed by atoms with Gasteiger partial charge >= 0.3 is 0 Å². The number of halogens is 2. The number of aromatic nitrogens is 2. The average Bonchev–Trinajstić information content (AvgIpc) is 3.07. The number of rotatable bonds is 7. The van der Waals surface area contributed by atoms with Crippen molar-refractivity contribution in [1.82, 2.24) is 15.5 Å². The summed E-state index contributed by atoms with van der Waals surface area (Å²) in [4.78, 5) is 16.3. The Morgan fingerprint density at radius 2 is 1.92 bits per heavy atom. The lowest BCUT2D eigenvalue weighted by Gasteiger charge is -2.06. The van der Waals surface area contributed by atoms with Crippen molar-refractivity contribution in [3.8, 4) is 0 Å². The number of carbonyl (C=O) groups excluding carboxylic acids is 1. The standard InChI is InChI=1S/C19H17Cl2N3O2/c20-15-7-6-14(16(21)11-15)12-22-18(25)8-9-19-23-17(24-26-19)10-13-4-2-1-3-5-13/h1-7,11H,8-10,12H2,(H,22,25). The number of amides is 1. The Bertz CT molecular complexity index is 882. The highest BCUT2D eigenvalue weighted by atomic mass is 35.5. The molecule has 0 unspecified atom stereocenters. The minimum absolute atomic E-state index is 0.112. The average molecular weight is 390 g/mol. The van der Waals surface area contributed by atoms with Crippen LogP contribution in [0, 0.1) is 0 Å². The molecule has 0 spiro atoms. The highest BCUT2D eigenvalue weighted by molar-refractivity contribution is 6.35. The molecule has 0 aliphatic carbocycles. The topological polar surface area (TPSA) is 68.0 Å². The molecule has 0 aliphatic rings. The normalized spacial score (nSPS) is 10.7. The third-order valence-electron chi connectivity index (χ3n) is 3.77. The van der Waals surface area contributed by atoms with Gasteiger partial charge < -0.3 is 9.84 Å². The molecular formula is C19H17Cl2N3O2. The third kappa shape index (κ3) is 5.31. The van der Waals surface area contributed by atoms with Gasteiger partial charge in [-0.1, -0.05) is 64.8 Å². The lowest BCUT2D eigenvalue weighted by molar-refractivity contribution is -0.121. The fourth-order valence-corrected chi connectivity index (χ4v) is 2.88. The molecule has 1 N–H and O–H groups in total. The van der Waals surface area contributed by atoms with Gasteiger partial charge in [0, 0.05) is 35.9 Å². The maximum Gasteiger partial charge on any atom is 0.227 e. The fraction of sp³-hybridized carbons (Fsp3) is 0.211. The summed E-state index contributed by atoms with van der Waals surface area (Å²) >= 11 is 11.9. The molecule has 3 rings (SSSR count). The van der Waals surface area contributed by atoms with Gasteiger partial charge in [0.25, 0.3) is 0 Å². The maximum absolute atomic E-state index is 12.0. The molecule has 0 aliphatic heterocycles. The molecule has 2 aromatic carbocycles. The molecule has 0 fully saturated rings. The van der Waals surface area contributed by atoms with Crippen LogP contribution in [0.5, 0.6) is 0 Å². The Morgan fingerprint density at radius 1 is 1.12 bits per heavy atom. The largest absolute Gasteiger partial charge is 0.352 e. The van der Waals surface area contributed by atoms with Crippen molar-refractivity contribution < 1.29 is 9.32 Å². The predicted octanol–water partition coefficient (Wildman–Crippen LogP) is 4.22. The van der Waals surface area contributed by atoms with Gasteiger partial charge in [0.1, 0.15) is 0 Å². The summed E-state index contributed by atoms with van der Waals surface area (Å²) < 4.78 is 5.21. The predicted molar refractivity (Wildman–Crippen MR) is 100 cm³/mol. The van der Waals surface area contributed by atoms with E-state index in [1.807, 2.05) is 30.3 Å². The van der Waals surface area contributed by atoms with Crippen molar-refractivity contribution >= 4 is 29.1 Å². The molecular weight excluding hydrogens is 373 g/mol. The van der Waals surface area contributed by atoms with Crippen LogP contribution >= 0.6 is 23.2 Å². The van der Waals surface area contributed by atoms with E-state index in [-0.39, 0.29) is 12.3 Å². The van der Waals surface area contributed by atoms with Crippen molar-refractivity contribution in [2.75, 3.05) is 0 Å². The number of nitrogens with zero attached hydrogens (tertiary/aromatic N) is 2. The molecule has 3 aromatic rings. The van der Waals surface area contributed by atoms with Crippen LogP contribution in [0.4, 0.5) is 0 Å². The fourth-order valence-electron chi connectivity index (χ4n) is 2.41. The van der Waals surface area contributed by atoms with E-state index in [0.717, 1.165) is 11.1 Å². The lowest BCUT2D eigenvalue weighted by Crippen LogP contribution is -2.23. The van der Waals surface area contributed by atoms with Crippen LogP contribution in [0.25, 0.3) is 0 Å². The molecule has 26 heavy (non-hydrogen) atoms. The van der Waals surface area contributed by atoms with Gasteiger partial charge in [0.05, 0.1) is 0 Å². The SMILES string of the molecule is O=C(CCc1nc(Cc2ccccc2)no1)NCc1ccc(Cl)cc1Cl. The first-order valence-electron chi connectivity index (χ1n) is 8.16. The van der Waals surface area contributed by atoms with E-state index >= 15 is 0 Å². The summed E-state index contributed by atoms with van der Waals surface area (Å²) in [6.45, 7) is 0.345. The second-order valence-electron chi connectivity index (χ2n) is 5.78. The number of hydrogen-bond acceptors (Lipinski definition) is 4. The van der Waals surface area contributed by atoms with E-state index in [2.05, 4.69) is 15.5 Å². The number of nitrogens with one attached hydrogen (secondary N) is 1. The second-order valence-corrected chi connectivity index (χ2v) is 6.62. The molecule has 134 valence electrons. The summed E-state index contributed by atoms with van der Waals surface area (Å²) in [6, 6.07) is 15.1. The Morgan fingerprint density at radius 3 is 2.69 bits per heavy atom. The molecule has 7 heteroatoms. The number of carbonyl (C=O) groups is 1. The number of aryl methyl sites for hydroxylation is 1. The highest BCUT2D eigenvalue weighted by Gasteiger charge is 2.10. The van der Waals surface area contributed by atoms with Crippen molar-refractivity contribution in [2.45, 2.75) is 25.8 Å². The van der Waals surface area contributed by atoms with Crippen molar-refractivity contribution in [2.24, 2.45) is 0 Å².